The van der Waals surface area contributed by atoms with Crippen LogP contribution in [0.2, 0.25) is 0 Å². The molecular formula is C11H16N2O5S. The van der Waals surface area contributed by atoms with Crippen LogP contribution in [0.15, 0.2) is 0 Å². The fourth-order valence-electron chi connectivity index (χ4n) is 1.68. The summed E-state index contributed by atoms with van der Waals surface area (Å²) in [5.74, 6) is -2.23. The number of nitrogens with one attached hydrogen (secondary N) is 1. The van der Waals surface area contributed by atoms with Gasteiger partial charge < -0.3 is 10.4 Å². The molecule has 1 aliphatic rings. The van der Waals surface area contributed by atoms with Crippen molar-refractivity contribution < 1.29 is 24.3 Å². The molecule has 0 unspecified atom stereocenters. The maximum absolute atomic E-state index is 12.2. The first-order valence-electron chi connectivity index (χ1n) is 5.69. The van der Waals surface area contributed by atoms with Crippen LogP contribution in [0.25, 0.3) is 0 Å². The second kappa shape index (κ2) is 5.60. The average molecular weight is 288 g/mol. The average Bonchev–Trinajstić information content (AvgIpc) is 2.62. The standard InChI is InChI=1S/C11H16N2O5S/c1-6(4-19-7(2)14)8(15)13-10(18)12-5-11(13,3)9(16)17/h6H,4-5H2,1-3H3,(H,12,18)(H,16,17)/t6-,11+/m1/s1. The molecule has 0 aliphatic carbocycles. The molecule has 1 rings (SSSR count). The predicted octanol–water partition coefficient (Wildman–Crippen LogP) is 0.297. The molecule has 0 aromatic carbocycles. The molecule has 1 aliphatic heterocycles. The number of carbonyl (C=O) groups excluding carboxylic acids is 3. The van der Waals surface area contributed by atoms with Crippen molar-refractivity contribution in [1.82, 2.24) is 10.2 Å². The van der Waals surface area contributed by atoms with Crippen molar-refractivity contribution in [3.05, 3.63) is 0 Å². The third-order valence-electron chi connectivity index (χ3n) is 2.92. The summed E-state index contributed by atoms with van der Waals surface area (Å²) in [6.07, 6.45) is 0. The minimum absolute atomic E-state index is 0.126. The van der Waals surface area contributed by atoms with E-state index in [1.165, 1.54) is 13.8 Å². The van der Waals surface area contributed by atoms with Crippen LogP contribution in [-0.4, -0.2) is 50.9 Å². The van der Waals surface area contributed by atoms with Gasteiger partial charge in [-0.25, -0.2) is 14.5 Å². The largest absolute Gasteiger partial charge is 0.479 e. The molecular weight excluding hydrogens is 272 g/mol. The molecule has 1 saturated heterocycles. The number of imide groups is 1. The highest BCUT2D eigenvalue weighted by Crippen LogP contribution is 2.24. The van der Waals surface area contributed by atoms with Gasteiger partial charge in [0.25, 0.3) is 0 Å². The Bertz CT molecular complexity index is 439. The van der Waals surface area contributed by atoms with E-state index >= 15 is 0 Å². The van der Waals surface area contributed by atoms with E-state index in [1.807, 2.05) is 0 Å². The summed E-state index contributed by atoms with van der Waals surface area (Å²) >= 11 is 0.971. The Morgan fingerprint density at radius 3 is 2.58 bits per heavy atom. The van der Waals surface area contributed by atoms with Gasteiger partial charge in [0.2, 0.25) is 5.91 Å². The number of urea groups is 1. The molecule has 0 aromatic heterocycles. The van der Waals surface area contributed by atoms with Gasteiger partial charge in [0.1, 0.15) is 0 Å². The molecule has 0 radical (unpaired) electrons. The third-order valence-corrected chi connectivity index (χ3v) is 3.99. The van der Waals surface area contributed by atoms with Crippen LogP contribution < -0.4 is 5.32 Å². The SMILES string of the molecule is CC(=O)SC[C@@H](C)C(=O)N1C(=O)NC[C@@]1(C)C(=O)O. The van der Waals surface area contributed by atoms with Crippen LogP contribution in [0.5, 0.6) is 0 Å². The lowest BCUT2D eigenvalue weighted by molar-refractivity contribution is -0.153. The van der Waals surface area contributed by atoms with Crippen molar-refractivity contribution in [1.29, 1.82) is 0 Å². The summed E-state index contributed by atoms with van der Waals surface area (Å²) in [5, 5.41) is 11.4. The molecule has 2 atom stereocenters. The first-order chi connectivity index (χ1) is 8.70. The Balaban J connectivity index is 2.86. The molecule has 0 aromatic rings. The highest BCUT2D eigenvalue weighted by atomic mass is 32.2. The minimum Gasteiger partial charge on any atom is -0.479 e. The highest BCUT2D eigenvalue weighted by molar-refractivity contribution is 8.13. The van der Waals surface area contributed by atoms with Crippen molar-refractivity contribution >= 4 is 34.8 Å². The Morgan fingerprint density at radius 2 is 2.11 bits per heavy atom. The number of hydrogen-bond acceptors (Lipinski definition) is 5. The lowest BCUT2D eigenvalue weighted by Gasteiger charge is -2.29. The van der Waals surface area contributed by atoms with Gasteiger partial charge in [-0.2, -0.15) is 0 Å². The Kier molecular flexibility index (Phi) is 4.56. The quantitative estimate of drug-likeness (QED) is 0.771. The predicted molar refractivity (Wildman–Crippen MR) is 68.6 cm³/mol. The lowest BCUT2D eigenvalue weighted by Crippen LogP contribution is -2.55. The van der Waals surface area contributed by atoms with E-state index in [4.69, 9.17) is 5.11 Å². The van der Waals surface area contributed by atoms with Gasteiger partial charge in [-0.05, 0) is 6.92 Å². The second-order valence-corrected chi connectivity index (χ2v) is 5.81. The van der Waals surface area contributed by atoms with Crippen molar-refractivity contribution in [2.45, 2.75) is 26.3 Å². The number of rotatable bonds is 4. The van der Waals surface area contributed by atoms with E-state index in [0.717, 1.165) is 16.7 Å². The van der Waals surface area contributed by atoms with Crippen LogP contribution in [-0.2, 0) is 14.4 Å². The normalized spacial score (nSPS) is 23.9. The summed E-state index contributed by atoms with van der Waals surface area (Å²) in [4.78, 5) is 46.6. The summed E-state index contributed by atoms with van der Waals surface area (Å²) < 4.78 is 0. The van der Waals surface area contributed by atoms with E-state index in [0.29, 0.717) is 0 Å². The minimum atomic E-state index is -1.58. The fourth-order valence-corrected chi connectivity index (χ4v) is 2.31. The van der Waals surface area contributed by atoms with E-state index in [-0.39, 0.29) is 17.4 Å². The van der Waals surface area contributed by atoms with Crippen LogP contribution in [0, 0.1) is 5.92 Å². The lowest BCUT2D eigenvalue weighted by atomic mass is 10.0. The Morgan fingerprint density at radius 1 is 1.53 bits per heavy atom. The highest BCUT2D eigenvalue weighted by Gasteiger charge is 2.51. The zero-order valence-electron chi connectivity index (χ0n) is 10.9. The molecule has 0 bridgehead atoms. The number of nitrogens with zero attached hydrogens (tertiary/aromatic N) is 1. The van der Waals surface area contributed by atoms with Crippen molar-refractivity contribution in [2.24, 2.45) is 5.92 Å². The maximum atomic E-state index is 12.2. The molecule has 1 fully saturated rings. The zero-order chi connectivity index (χ0) is 14.8. The maximum Gasteiger partial charge on any atom is 0.331 e. The molecule has 8 heteroatoms. The Hall–Kier alpha value is -1.57. The van der Waals surface area contributed by atoms with E-state index < -0.39 is 29.4 Å². The van der Waals surface area contributed by atoms with Crippen LogP contribution in [0.4, 0.5) is 4.79 Å². The fraction of sp³-hybridized carbons (Fsp3) is 0.636. The summed E-state index contributed by atoms with van der Waals surface area (Å²) in [6, 6.07) is -0.713. The summed E-state index contributed by atoms with van der Waals surface area (Å²) in [6.45, 7) is 4.13. The molecule has 2 N–H and O–H groups in total. The molecule has 19 heavy (non-hydrogen) atoms. The number of aliphatic carboxylic acids is 1. The molecule has 0 spiro atoms. The van der Waals surface area contributed by atoms with Gasteiger partial charge in [-0.15, -0.1) is 0 Å². The number of amides is 3. The van der Waals surface area contributed by atoms with Crippen LogP contribution >= 0.6 is 11.8 Å². The van der Waals surface area contributed by atoms with Crippen molar-refractivity contribution in [3.8, 4) is 0 Å². The first-order valence-corrected chi connectivity index (χ1v) is 6.67. The van der Waals surface area contributed by atoms with Crippen molar-refractivity contribution in [3.63, 3.8) is 0 Å². The van der Waals surface area contributed by atoms with Crippen LogP contribution in [0.1, 0.15) is 20.8 Å². The van der Waals surface area contributed by atoms with Gasteiger partial charge in [-0.3, -0.25) is 9.59 Å². The molecule has 7 nitrogen and oxygen atoms in total. The monoisotopic (exact) mass is 288 g/mol. The Labute approximate surface area is 114 Å². The zero-order valence-corrected chi connectivity index (χ0v) is 11.7. The number of carbonyl (C=O) groups is 4. The molecule has 0 saturated carbocycles. The smallest absolute Gasteiger partial charge is 0.331 e. The second-order valence-electron chi connectivity index (χ2n) is 4.61. The number of carboxylic acids is 1. The third kappa shape index (κ3) is 3.06. The van der Waals surface area contributed by atoms with Gasteiger partial charge in [0, 0.05) is 18.6 Å². The van der Waals surface area contributed by atoms with E-state index in [2.05, 4.69) is 5.32 Å². The molecule has 106 valence electrons. The van der Waals surface area contributed by atoms with E-state index in [1.54, 1.807) is 6.92 Å². The molecule has 1 heterocycles. The van der Waals surface area contributed by atoms with Crippen molar-refractivity contribution in [2.75, 3.05) is 12.3 Å². The van der Waals surface area contributed by atoms with Gasteiger partial charge in [0.15, 0.2) is 10.7 Å². The van der Waals surface area contributed by atoms with Gasteiger partial charge >= 0.3 is 12.0 Å². The number of thioether (sulfide) groups is 1. The van der Waals surface area contributed by atoms with E-state index in [9.17, 15) is 19.2 Å². The topological polar surface area (TPSA) is 104 Å². The first kappa shape index (κ1) is 15.5. The molecule has 3 amide bonds. The number of hydrogen-bond donors (Lipinski definition) is 2. The van der Waals surface area contributed by atoms with Gasteiger partial charge in [-0.1, -0.05) is 18.7 Å². The summed E-state index contributed by atoms with van der Waals surface area (Å²) in [5.41, 5.74) is -1.58. The van der Waals surface area contributed by atoms with Crippen LogP contribution in [0.3, 0.4) is 0 Å². The van der Waals surface area contributed by atoms with Gasteiger partial charge in [0.05, 0.1) is 6.54 Å². The summed E-state index contributed by atoms with van der Waals surface area (Å²) in [7, 11) is 0. The number of carboxylic acid groups (broad SMARTS) is 1.